The first-order chi connectivity index (χ1) is 21.9. The van der Waals surface area contributed by atoms with Crippen LogP contribution in [0.1, 0.15) is 52.1 Å². The number of hydrogen-bond donors (Lipinski definition) is 3. The van der Waals surface area contributed by atoms with Crippen molar-refractivity contribution in [2.45, 2.75) is 29.9 Å². The van der Waals surface area contributed by atoms with Gasteiger partial charge in [0, 0.05) is 27.7 Å². The number of benzene rings is 4. The molecule has 1 heterocycles. The highest BCUT2D eigenvalue weighted by Crippen LogP contribution is 2.37. The standard InChI is InChI=1S/C36H32N4O3S2/c1-24(2)26-18-16-25(17-19-26)22-31(39-33(41)28-12-7-4-8-13-28)34(42)38-29-14-9-15-30(23-29)45-32(27-10-5-3-6-11-27)35(43)40-36-37-20-21-44-36/h3-24,32H,1-2H3,(H,38,42)(H,39,41)(H,37,40,43)/b31-22+. The second-order valence-corrected chi connectivity index (χ2v) is 12.5. The summed E-state index contributed by atoms with van der Waals surface area (Å²) in [6, 6.07) is 33.4. The minimum absolute atomic E-state index is 0.101. The van der Waals surface area contributed by atoms with E-state index in [-0.39, 0.29) is 11.6 Å². The Morgan fingerprint density at radius 3 is 2.18 bits per heavy atom. The van der Waals surface area contributed by atoms with Gasteiger partial charge in [-0.15, -0.1) is 23.1 Å². The van der Waals surface area contributed by atoms with E-state index in [1.54, 1.807) is 48.0 Å². The molecule has 0 fully saturated rings. The van der Waals surface area contributed by atoms with Crippen molar-refractivity contribution in [3.05, 3.63) is 149 Å². The van der Waals surface area contributed by atoms with Gasteiger partial charge in [0.05, 0.1) is 0 Å². The predicted molar refractivity (Wildman–Crippen MR) is 183 cm³/mol. The summed E-state index contributed by atoms with van der Waals surface area (Å²) in [5, 5.41) is 10.4. The molecule has 1 unspecified atom stereocenters. The maximum Gasteiger partial charge on any atom is 0.272 e. The largest absolute Gasteiger partial charge is 0.321 e. The molecule has 45 heavy (non-hydrogen) atoms. The van der Waals surface area contributed by atoms with E-state index in [4.69, 9.17) is 0 Å². The summed E-state index contributed by atoms with van der Waals surface area (Å²) in [5.41, 5.74) is 3.85. The molecular formula is C36H32N4O3S2. The molecule has 4 aromatic carbocycles. The van der Waals surface area contributed by atoms with Crippen LogP contribution in [0.2, 0.25) is 0 Å². The van der Waals surface area contributed by atoms with Crippen molar-refractivity contribution in [1.82, 2.24) is 10.3 Å². The number of anilines is 2. The molecular weight excluding hydrogens is 601 g/mol. The van der Waals surface area contributed by atoms with E-state index >= 15 is 0 Å². The number of nitrogens with one attached hydrogen (secondary N) is 3. The Bertz CT molecular complexity index is 1770. The van der Waals surface area contributed by atoms with Crippen LogP contribution in [0.15, 0.2) is 131 Å². The van der Waals surface area contributed by atoms with Crippen molar-refractivity contribution in [3.8, 4) is 0 Å². The lowest BCUT2D eigenvalue weighted by molar-refractivity contribution is -0.116. The van der Waals surface area contributed by atoms with Gasteiger partial charge in [-0.25, -0.2) is 4.98 Å². The quantitative estimate of drug-likeness (QED) is 0.101. The predicted octanol–water partition coefficient (Wildman–Crippen LogP) is 8.15. The molecule has 5 rings (SSSR count). The zero-order valence-electron chi connectivity index (χ0n) is 24.8. The molecule has 1 aromatic heterocycles. The average molecular weight is 633 g/mol. The summed E-state index contributed by atoms with van der Waals surface area (Å²) < 4.78 is 0. The van der Waals surface area contributed by atoms with Crippen molar-refractivity contribution in [2.24, 2.45) is 0 Å². The molecule has 5 aromatic rings. The zero-order chi connectivity index (χ0) is 31.6. The first-order valence-corrected chi connectivity index (χ1v) is 16.1. The third-order valence-electron chi connectivity index (χ3n) is 6.79. The van der Waals surface area contributed by atoms with Gasteiger partial charge in [-0.2, -0.15) is 0 Å². The van der Waals surface area contributed by atoms with Gasteiger partial charge in [0.1, 0.15) is 10.9 Å². The van der Waals surface area contributed by atoms with Crippen LogP contribution in [0.4, 0.5) is 10.8 Å². The normalized spacial score (nSPS) is 11.9. The SMILES string of the molecule is CC(C)c1ccc(/C=C(/NC(=O)c2ccccc2)C(=O)Nc2cccc(SC(C(=O)Nc3nccs3)c3ccccc3)c2)cc1. The number of thioether (sulfide) groups is 1. The number of amides is 3. The Morgan fingerprint density at radius 1 is 0.800 bits per heavy atom. The Balaban J connectivity index is 1.37. The van der Waals surface area contributed by atoms with Crippen LogP contribution < -0.4 is 16.0 Å². The van der Waals surface area contributed by atoms with Crippen LogP contribution in [0.5, 0.6) is 0 Å². The molecule has 0 aliphatic heterocycles. The molecule has 0 aliphatic rings. The molecule has 7 nitrogen and oxygen atoms in total. The monoisotopic (exact) mass is 632 g/mol. The number of carbonyl (C=O) groups is 3. The average Bonchev–Trinajstić information content (AvgIpc) is 3.57. The molecule has 0 saturated heterocycles. The highest BCUT2D eigenvalue weighted by Gasteiger charge is 2.23. The maximum atomic E-state index is 13.6. The molecule has 0 saturated carbocycles. The van der Waals surface area contributed by atoms with Crippen LogP contribution in [-0.2, 0) is 9.59 Å². The van der Waals surface area contributed by atoms with Gasteiger partial charge in [0.15, 0.2) is 5.13 Å². The van der Waals surface area contributed by atoms with E-state index in [0.717, 1.165) is 16.0 Å². The molecule has 3 amide bonds. The van der Waals surface area contributed by atoms with Crippen LogP contribution >= 0.6 is 23.1 Å². The van der Waals surface area contributed by atoms with E-state index < -0.39 is 17.1 Å². The van der Waals surface area contributed by atoms with Crippen LogP contribution in [0.25, 0.3) is 6.08 Å². The number of nitrogens with zero attached hydrogens (tertiary/aromatic N) is 1. The Hall–Kier alpha value is -4.99. The summed E-state index contributed by atoms with van der Waals surface area (Å²) in [7, 11) is 0. The Morgan fingerprint density at radius 2 is 1.51 bits per heavy atom. The van der Waals surface area contributed by atoms with Crippen molar-refractivity contribution < 1.29 is 14.4 Å². The summed E-state index contributed by atoms with van der Waals surface area (Å²) in [6.07, 6.45) is 3.30. The van der Waals surface area contributed by atoms with E-state index in [1.165, 1.54) is 28.7 Å². The minimum atomic E-state index is -0.560. The molecule has 3 N–H and O–H groups in total. The highest BCUT2D eigenvalue weighted by atomic mass is 32.2. The van der Waals surface area contributed by atoms with Crippen LogP contribution in [-0.4, -0.2) is 22.7 Å². The van der Waals surface area contributed by atoms with Gasteiger partial charge < -0.3 is 16.0 Å². The fraction of sp³-hybridized carbons (Fsp3) is 0.111. The number of aromatic nitrogens is 1. The number of hydrogen-bond acceptors (Lipinski definition) is 6. The summed E-state index contributed by atoms with van der Waals surface area (Å²) in [6.45, 7) is 4.23. The molecule has 0 spiro atoms. The topological polar surface area (TPSA) is 100 Å². The molecule has 0 bridgehead atoms. The summed E-state index contributed by atoms with van der Waals surface area (Å²) >= 11 is 2.72. The molecule has 9 heteroatoms. The van der Waals surface area contributed by atoms with Crippen molar-refractivity contribution in [1.29, 1.82) is 0 Å². The Labute approximate surface area is 270 Å². The fourth-order valence-corrected chi connectivity index (χ4v) is 6.04. The summed E-state index contributed by atoms with van der Waals surface area (Å²) in [4.78, 5) is 45.0. The van der Waals surface area contributed by atoms with Gasteiger partial charge in [0.25, 0.3) is 11.8 Å². The van der Waals surface area contributed by atoms with Gasteiger partial charge in [-0.3, -0.25) is 14.4 Å². The first-order valence-electron chi connectivity index (χ1n) is 14.4. The fourth-order valence-electron chi connectivity index (χ4n) is 4.42. The third kappa shape index (κ3) is 8.78. The van der Waals surface area contributed by atoms with Gasteiger partial charge in [-0.1, -0.05) is 92.7 Å². The lowest BCUT2D eigenvalue weighted by Crippen LogP contribution is -2.30. The van der Waals surface area contributed by atoms with E-state index in [1.807, 2.05) is 78.9 Å². The Kier molecular flexibility index (Phi) is 10.6. The highest BCUT2D eigenvalue weighted by molar-refractivity contribution is 8.00. The van der Waals surface area contributed by atoms with Gasteiger partial charge >= 0.3 is 0 Å². The number of carbonyl (C=O) groups excluding carboxylic acids is 3. The minimum Gasteiger partial charge on any atom is -0.321 e. The second-order valence-electron chi connectivity index (χ2n) is 10.4. The van der Waals surface area contributed by atoms with E-state index in [0.29, 0.717) is 22.3 Å². The van der Waals surface area contributed by atoms with E-state index in [9.17, 15) is 14.4 Å². The van der Waals surface area contributed by atoms with Crippen molar-refractivity contribution in [2.75, 3.05) is 10.6 Å². The van der Waals surface area contributed by atoms with E-state index in [2.05, 4.69) is 34.8 Å². The molecule has 0 aliphatic carbocycles. The molecule has 1 atom stereocenters. The number of rotatable bonds is 11. The maximum absolute atomic E-state index is 13.6. The van der Waals surface area contributed by atoms with Crippen LogP contribution in [0.3, 0.4) is 0 Å². The van der Waals surface area contributed by atoms with Crippen molar-refractivity contribution in [3.63, 3.8) is 0 Å². The van der Waals surface area contributed by atoms with Gasteiger partial charge in [0.2, 0.25) is 5.91 Å². The lowest BCUT2D eigenvalue weighted by Gasteiger charge is -2.17. The third-order valence-corrected chi connectivity index (χ3v) is 8.73. The van der Waals surface area contributed by atoms with Crippen LogP contribution in [0, 0.1) is 0 Å². The smallest absolute Gasteiger partial charge is 0.272 e. The van der Waals surface area contributed by atoms with Gasteiger partial charge in [-0.05, 0) is 59.0 Å². The second kappa shape index (κ2) is 15.1. The number of thiazole rings is 1. The zero-order valence-corrected chi connectivity index (χ0v) is 26.4. The molecule has 0 radical (unpaired) electrons. The molecule has 226 valence electrons. The first kappa shape index (κ1) is 31.4. The lowest BCUT2D eigenvalue weighted by atomic mass is 10.0. The van der Waals surface area contributed by atoms with Crippen molar-refractivity contribution >= 4 is 57.7 Å². The summed E-state index contributed by atoms with van der Waals surface area (Å²) in [5.74, 6) is -0.700.